The normalized spacial score (nSPS) is 17.0. The van der Waals surface area contributed by atoms with Gasteiger partial charge >= 0.3 is 0 Å². The Morgan fingerprint density at radius 1 is 1.33 bits per heavy atom. The number of carbonyl (C=O) groups excluding carboxylic acids is 3. The van der Waals surface area contributed by atoms with E-state index >= 15 is 0 Å². The van der Waals surface area contributed by atoms with Gasteiger partial charge in [0.25, 0.3) is 0 Å². The number of para-hydroxylation sites is 1. The second-order valence-electron chi connectivity index (χ2n) is 7.31. The van der Waals surface area contributed by atoms with Gasteiger partial charge in [-0.25, -0.2) is 4.98 Å². The summed E-state index contributed by atoms with van der Waals surface area (Å²) < 4.78 is 0.916. The van der Waals surface area contributed by atoms with E-state index in [1.54, 1.807) is 4.90 Å². The summed E-state index contributed by atoms with van der Waals surface area (Å²) in [6.07, 6.45) is 1.51. The molecule has 1 aromatic carbocycles. The minimum atomic E-state index is -0.723. The number of ketones is 1. The van der Waals surface area contributed by atoms with E-state index in [2.05, 4.69) is 15.3 Å². The van der Waals surface area contributed by atoms with E-state index in [0.29, 0.717) is 43.9 Å². The van der Waals surface area contributed by atoms with Crippen molar-refractivity contribution in [1.29, 1.82) is 0 Å². The van der Waals surface area contributed by atoms with Gasteiger partial charge in [-0.3, -0.25) is 19.4 Å². The number of amides is 2. The first kappa shape index (κ1) is 21.7. The molecule has 2 aromatic rings. The lowest BCUT2D eigenvalue weighted by molar-refractivity contribution is -0.128. The molecule has 0 saturated carbocycles. The lowest BCUT2D eigenvalue weighted by Gasteiger charge is -2.19. The van der Waals surface area contributed by atoms with Crippen LogP contribution in [-0.4, -0.2) is 59.1 Å². The van der Waals surface area contributed by atoms with E-state index < -0.39 is 6.04 Å². The molecule has 2 atom stereocenters. The zero-order valence-electron chi connectivity index (χ0n) is 16.8. The van der Waals surface area contributed by atoms with Crippen LogP contribution in [0.5, 0.6) is 0 Å². The standard InChI is InChI=1S/C20H26N6O3S/c1-12(27)26-10-8-13(11-26)18(29)24-15(6-4-9-23-20(21)22)17(28)19-25-14-5-2-3-7-16(14)30-19/h2-3,5,7,13,15H,4,6,8-11H2,1H3,(H,24,29)(H4,21,22,23)/t13-,15?/m1/s1. The van der Waals surface area contributed by atoms with Crippen molar-refractivity contribution in [2.75, 3.05) is 19.6 Å². The maximum Gasteiger partial charge on any atom is 0.225 e. The SMILES string of the molecule is CC(=O)N1CC[C@@H](C(=O)NC(CCCN=C(N)N)C(=O)c2nc3ccccc3s2)C1. The summed E-state index contributed by atoms with van der Waals surface area (Å²) in [6, 6.07) is 6.79. The highest BCUT2D eigenvalue weighted by atomic mass is 32.1. The molecule has 1 aliphatic heterocycles. The van der Waals surface area contributed by atoms with Gasteiger partial charge in [0.15, 0.2) is 11.0 Å². The first-order valence-electron chi connectivity index (χ1n) is 9.86. The van der Waals surface area contributed by atoms with Crippen LogP contribution in [0.15, 0.2) is 29.3 Å². The Morgan fingerprint density at radius 2 is 2.10 bits per heavy atom. The van der Waals surface area contributed by atoms with Crippen LogP contribution in [0.3, 0.4) is 0 Å². The van der Waals surface area contributed by atoms with E-state index in [1.807, 2.05) is 24.3 Å². The maximum absolute atomic E-state index is 13.1. The Bertz CT molecular complexity index is 935. The van der Waals surface area contributed by atoms with E-state index in [0.717, 1.165) is 10.2 Å². The highest BCUT2D eigenvalue weighted by Crippen LogP contribution is 2.24. The number of hydrogen-bond donors (Lipinski definition) is 3. The number of nitrogens with zero attached hydrogens (tertiary/aromatic N) is 3. The van der Waals surface area contributed by atoms with Crippen molar-refractivity contribution in [3.05, 3.63) is 29.3 Å². The Morgan fingerprint density at radius 3 is 2.77 bits per heavy atom. The number of Topliss-reactive ketones (excluding diaryl/α,β-unsaturated/α-hetero) is 1. The van der Waals surface area contributed by atoms with Crippen molar-refractivity contribution in [3.63, 3.8) is 0 Å². The van der Waals surface area contributed by atoms with E-state index in [9.17, 15) is 14.4 Å². The molecule has 5 N–H and O–H groups in total. The van der Waals surface area contributed by atoms with Crippen LogP contribution in [-0.2, 0) is 9.59 Å². The fourth-order valence-corrected chi connectivity index (χ4v) is 4.41. The average Bonchev–Trinajstić information content (AvgIpc) is 3.36. The number of hydrogen-bond acceptors (Lipinski definition) is 6. The number of rotatable bonds is 8. The third-order valence-electron chi connectivity index (χ3n) is 5.09. The van der Waals surface area contributed by atoms with Gasteiger partial charge in [0.2, 0.25) is 17.6 Å². The molecule has 160 valence electrons. The number of benzene rings is 1. The highest BCUT2D eigenvalue weighted by Gasteiger charge is 2.32. The third-order valence-corrected chi connectivity index (χ3v) is 6.14. The first-order chi connectivity index (χ1) is 14.3. The molecular formula is C20H26N6O3S. The summed E-state index contributed by atoms with van der Waals surface area (Å²) in [6.45, 7) is 2.78. The van der Waals surface area contributed by atoms with Crippen LogP contribution < -0.4 is 16.8 Å². The molecule has 2 amide bonds. The molecule has 1 aliphatic rings. The van der Waals surface area contributed by atoms with Crippen molar-refractivity contribution in [1.82, 2.24) is 15.2 Å². The summed E-state index contributed by atoms with van der Waals surface area (Å²) in [5.41, 5.74) is 11.5. The highest BCUT2D eigenvalue weighted by molar-refractivity contribution is 7.20. The number of carbonyl (C=O) groups is 3. The number of nitrogens with two attached hydrogens (primary N) is 2. The topological polar surface area (TPSA) is 144 Å². The molecule has 9 nitrogen and oxygen atoms in total. The van der Waals surface area contributed by atoms with Gasteiger partial charge in [-0.15, -0.1) is 11.3 Å². The van der Waals surface area contributed by atoms with Crippen LogP contribution in [0.1, 0.15) is 36.0 Å². The number of guanidine groups is 1. The molecule has 1 unspecified atom stereocenters. The Labute approximate surface area is 178 Å². The number of aliphatic imine (C=N–C) groups is 1. The molecule has 0 aliphatic carbocycles. The molecule has 2 heterocycles. The molecule has 0 bridgehead atoms. The molecule has 0 spiro atoms. The van der Waals surface area contributed by atoms with Crippen LogP contribution in [0.4, 0.5) is 0 Å². The molecular weight excluding hydrogens is 404 g/mol. The second-order valence-corrected chi connectivity index (χ2v) is 8.34. The van der Waals surface area contributed by atoms with Gasteiger partial charge in [0.1, 0.15) is 0 Å². The fraction of sp³-hybridized carbons (Fsp3) is 0.450. The minimum absolute atomic E-state index is 0.0108. The number of likely N-dealkylation sites (tertiary alicyclic amines) is 1. The van der Waals surface area contributed by atoms with Crippen LogP contribution in [0.25, 0.3) is 10.2 Å². The summed E-state index contributed by atoms with van der Waals surface area (Å²) in [5.74, 6) is -0.832. The predicted molar refractivity (Wildman–Crippen MR) is 116 cm³/mol. The van der Waals surface area contributed by atoms with Gasteiger partial charge in [-0.1, -0.05) is 12.1 Å². The van der Waals surface area contributed by atoms with Crippen LogP contribution >= 0.6 is 11.3 Å². The number of nitrogens with one attached hydrogen (secondary N) is 1. The summed E-state index contributed by atoms with van der Waals surface area (Å²) in [4.78, 5) is 47.5. The van der Waals surface area contributed by atoms with Crippen molar-refractivity contribution in [2.24, 2.45) is 22.4 Å². The predicted octanol–water partition coefficient (Wildman–Crippen LogP) is 0.886. The largest absolute Gasteiger partial charge is 0.370 e. The zero-order chi connectivity index (χ0) is 21.7. The lowest BCUT2D eigenvalue weighted by Crippen LogP contribution is -2.44. The van der Waals surface area contributed by atoms with Crippen molar-refractivity contribution in [2.45, 2.75) is 32.2 Å². The van der Waals surface area contributed by atoms with Crippen LogP contribution in [0, 0.1) is 5.92 Å². The molecule has 3 rings (SSSR count). The minimum Gasteiger partial charge on any atom is -0.370 e. The Balaban J connectivity index is 1.72. The molecule has 1 aromatic heterocycles. The van der Waals surface area contributed by atoms with Gasteiger partial charge in [0.05, 0.1) is 22.2 Å². The van der Waals surface area contributed by atoms with E-state index in [4.69, 9.17) is 11.5 Å². The van der Waals surface area contributed by atoms with Gasteiger partial charge in [0, 0.05) is 26.6 Å². The summed E-state index contributed by atoms with van der Waals surface area (Å²) in [5, 5.41) is 3.24. The first-order valence-corrected chi connectivity index (χ1v) is 10.7. The fourth-order valence-electron chi connectivity index (χ4n) is 3.45. The quantitative estimate of drug-likeness (QED) is 0.245. The molecule has 10 heteroatoms. The van der Waals surface area contributed by atoms with Crippen molar-refractivity contribution in [3.8, 4) is 0 Å². The summed E-state index contributed by atoms with van der Waals surface area (Å²) >= 11 is 1.31. The molecule has 30 heavy (non-hydrogen) atoms. The van der Waals surface area contributed by atoms with E-state index in [-0.39, 0.29) is 29.5 Å². The number of aromatic nitrogens is 1. The third kappa shape index (κ3) is 5.32. The van der Waals surface area contributed by atoms with Crippen molar-refractivity contribution >= 4 is 45.1 Å². The maximum atomic E-state index is 13.1. The molecule has 1 fully saturated rings. The van der Waals surface area contributed by atoms with Gasteiger partial charge in [-0.05, 0) is 31.4 Å². The van der Waals surface area contributed by atoms with Crippen molar-refractivity contribution < 1.29 is 14.4 Å². The Hall–Kier alpha value is -3.01. The molecule has 0 radical (unpaired) electrons. The van der Waals surface area contributed by atoms with Gasteiger partial charge < -0.3 is 21.7 Å². The smallest absolute Gasteiger partial charge is 0.225 e. The number of fused-ring (bicyclic) bond motifs is 1. The monoisotopic (exact) mass is 430 g/mol. The lowest BCUT2D eigenvalue weighted by atomic mass is 10.0. The van der Waals surface area contributed by atoms with Gasteiger partial charge in [-0.2, -0.15) is 0 Å². The second kappa shape index (κ2) is 9.66. The zero-order valence-corrected chi connectivity index (χ0v) is 17.7. The van der Waals surface area contributed by atoms with E-state index in [1.165, 1.54) is 18.3 Å². The van der Waals surface area contributed by atoms with Crippen LogP contribution in [0.2, 0.25) is 0 Å². The Kier molecular flexibility index (Phi) is 6.99. The average molecular weight is 431 g/mol. The molecule has 1 saturated heterocycles. The summed E-state index contributed by atoms with van der Waals surface area (Å²) in [7, 11) is 0. The number of thiazole rings is 1.